The van der Waals surface area contributed by atoms with E-state index in [1.807, 2.05) is 68.4 Å². The molecule has 3 aromatic carbocycles. The monoisotopic (exact) mass is 806 g/mol. The molecule has 6 N–H and O–H groups in total. The van der Waals surface area contributed by atoms with E-state index in [9.17, 15) is 19.2 Å². The fraction of sp³-hybridized carbons (Fsp3) is 0.349. The predicted octanol–water partition coefficient (Wildman–Crippen LogP) is 6.72. The Morgan fingerprint density at radius 1 is 0.644 bits per heavy atom. The molecule has 0 spiro atoms. The fourth-order valence-electron chi connectivity index (χ4n) is 6.50. The molecule has 2 unspecified atom stereocenters. The van der Waals surface area contributed by atoms with Gasteiger partial charge in [0, 0.05) is 37.1 Å². The van der Waals surface area contributed by atoms with Gasteiger partial charge in [0.25, 0.3) is 0 Å². The SMILES string of the molecule is COC(=O)NC(C(=O)NCCCCc1ncc(-c2ccc3c(c2)Oc2ccc(-c4cnc(CCCCNC(=O)C(NC(=O)OC)C(C)C)[nH]4)cc2O3)[nH]1)c1ccccc1. The van der Waals surface area contributed by atoms with Crippen LogP contribution in [0.4, 0.5) is 9.59 Å². The van der Waals surface area contributed by atoms with Crippen molar-refractivity contribution in [1.82, 2.24) is 41.2 Å². The van der Waals surface area contributed by atoms with E-state index in [0.29, 0.717) is 54.5 Å². The minimum atomic E-state index is -0.855. The molecular formula is C43H50N8O8. The molecule has 3 heterocycles. The van der Waals surface area contributed by atoms with Gasteiger partial charge in [-0.05, 0) is 73.6 Å². The first kappa shape index (κ1) is 41.8. The number of ether oxygens (including phenoxy) is 4. The Morgan fingerprint density at radius 2 is 1.15 bits per heavy atom. The Kier molecular flexibility index (Phi) is 14.2. The van der Waals surface area contributed by atoms with Crippen molar-refractivity contribution in [3.8, 4) is 45.5 Å². The standard InChI is InChI=1S/C43H50N8O8/c1-26(2)38(50-42(54)56-3)40(52)44-20-10-8-14-36-46-24-30(48-36)28-16-18-32-34(22-28)58-33-19-17-29(23-35(33)59-32)31-25-47-37(49-31)15-9-11-21-45-41(53)39(51-43(55)57-4)27-12-6-5-7-13-27/h5-7,12-13,16-19,22-26,38-39H,8-11,14-15,20-21H2,1-4H3,(H,44,52)(H,45,53)(H,46,48)(H,47,49)(H,50,54)(H,51,55). The van der Waals surface area contributed by atoms with Crippen LogP contribution in [0.25, 0.3) is 22.5 Å². The molecule has 0 saturated heterocycles. The molecule has 0 saturated carbocycles. The number of hydrogen-bond donors (Lipinski definition) is 6. The number of rotatable bonds is 18. The molecular weight excluding hydrogens is 757 g/mol. The number of benzene rings is 3. The molecule has 2 aromatic heterocycles. The number of aromatic amines is 2. The lowest BCUT2D eigenvalue weighted by molar-refractivity contribution is -0.124. The van der Waals surface area contributed by atoms with Gasteiger partial charge in [-0.2, -0.15) is 0 Å². The zero-order chi connectivity index (χ0) is 41.7. The molecule has 1 aliphatic rings. The highest BCUT2D eigenvalue weighted by atomic mass is 16.6. The molecule has 2 atom stereocenters. The van der Waals surface area contributed by atoms with Gasteiger partial charge in [-0.15, -0.1) is 0 Å². The average molecular weight is 807 g/mol. The molecule has 0 bridgehead atoms. The molecule has 0 aliphatic carbocycles. The number of aromatic nitrogens is 4. The van der Waals surface area contributed by atoms with E-state index in [-0.39, 0.29) is 17.7 Å². The normalized spacial score (nSPS) is 12.5. The fourth-order valence-corrected chi connectivity index (χ4v) is 6.50. The van der Waals surface area contributed by atoms with Crippen LogP contribution in [0.2, 0.25) is 0 Å². The van der Waals surface area contributed by atoms with Gasteiger partial charge in [-0.25, -0.2) is 19.6 Å². The summed E-state index contributed by atoms with van der Waals surface area (Å²) in [6, 6.07) is 19.0. The van der Waals surface area contributed by atoms with Crippen LogP contribution in [-0.4, -0.2) is 77.3 Å². The largest absolute Gasteiger partial charge is 0.453 e. The molecule has 5 aromatic rings. The average Bonchev–Trinajstić information content (AvgIpc) is 3.93. The van der Waals surface area contributed by atoms with Crippen LogP contribution in [0, 0.1) is 5.92 Å². The highest BCUT2D eigenvalue weighted by Crippen LogP contribution is 2.47. The van der Waals surface area contributed by atoms with Crippen molar-refractivity contribution in [2.45, 2.75) is 64.5 Å². The number of H-pyrrole nitrogens is 2. The molecule has 59 heavy (non-hydrogen) atoms. The summed E-state index contributed by atoms with van der Waals surface area (Å²) in [7, 11) is 2.53. The second-order valence-corrected chi connectivity index (χ2v) is 14.3. The molecule has 310 valence electrons. The smallest absolute Gasteiger partial charge is 0.407 e. The summed E-state index contributed by atoms with van der Waals surface area (Å²) in [4.78, 5) is 64.8. The number of imidazole rings is 2. The third-order valence-corrected chi connectivity index (χ3v) is 9.74. The van der Waals surface area contributed by atoms with Crippen molar-refractivity contribution in [1.29, 1.82) is 0 Å². The first-order valence-electron chi connectivity index (χ1n) is 19.6. The first-order valence-corrected chi connectivity index (χ1v) is 19.6. The first-order chi connectivity index (χ1) is 28.6. The number of nitrogens with zero attached hydrogens (tertiary/aromatic N) is 2. The van der Waals surface area contributed by atoms with E-state index in [0.717, 1.165) is 59.8 Å². The summed E-state index contributed by atoms with van der Waals surface area (Å²) in [5, 5.41) is 11.0. The maximum atomic E-state index is 12.9. The van der Waals surface area contributed by atoms with Crippen LogP contribution in [0.5, 0.6) is 23.0 Å². The van der Waals surface area contributed by atoms with E-state index in [1.54, 1.807) is 24.5 Å². The van der Waals surface area contributed by atoms with E-state index < -0.39 is 24.3 Å². The van der Waals surface area contributed by atoms with Crippen molar-refractivity contribution < 1.29 is 38.1 Å². The Morgan fingerprint density at radius 3 is 1.66 bits per heavy atom. The number of unbranched alkanes of at least 4 members (excludes halogenated alkanes) is 2. The highest BCUT2D eigenvalue weighted by Gasteiger charge is 2.25. The molecule has 1 aliphatic heterocycles. The van der Waals surface area contributed by atoms with Crippen LogP contribution in [0.3, 0.4) is 0 Å². The number of nitrogens with one attached hydrogen (secondary N) is 6. The van der Waals surface area contributed by atoms with Gasteiger partial charge < -0.3 is 50.2 Å². The van der Waals surface area contributed by atoms with E-state index in [2.05, 4.69) is 45.9 Å². The van der Waals surface area contributed by atoms with Gasteiger partial charge in [-0.3, -0.25) is 9.59 Å². The zero-order valence-electron chi connectivity index (χ0n) is 33.6. The Bertz CT molecular complexity index is 2220. The van der Waals surface area contributed by atoms with Crippen molar-refractivity contribution in [3.05, 3.63) is 96.3 Å². The second kappa shape index (κ2) is 20.0. The number of carbonyl (C=O) groups is 4. The van der Waals surface area contributed by atoms with E-state index >= 15 is 0 Å². The topological polar surface area (TPSA) is 211 Å². The number of aryl methyl sites for hydroxylation is 2. The van der Waals surface area contributed by atoms with E-state index in [4.69, 9.17) is 14.2 Å². The van der Waals surface area contributed by atoms with Gasteiger partial charge in [0.15, 0.2) is 23.0 Å². The van der Waals surface area contributed by atoms with Crippen LogP contribution < -0.4 is 30.7 Å². The predicted molar refractivity (Wildman–Crippen MR) is 219 cm³/mol. The van der Waals surface area contributed by atoms with Gasteiger partial charge in [-0.1, -0.05) is 44.2 Å². The summed E-state index contributed by atoms with van der Waals surface area (Å²) in [6.07, 6.45) is 6.72. The van der Waals surface area contributed by atoms with Crippen LogP contribution in [0.1, 0.15) is 62.8 Å². The van der Waals surface area contributed by atoms with Crippen molar-refractivity contribution >= 4 is 24.0 Å². The summed E-state index contributed by atoms with van der Waals surface area (Å²) in [5.74, 6) is 3.39. The second-order valence-electron chi connectivity index (χ2n) is 14.3. The number of alkyl carbamates (subject to hydrolysis) is 2. The summed E-state index contributed by atoms with van der Waals surface area (Å²) >= 11 is 0. The summed E-state index contributed by atoms with van der Waals surface area (Å²) < 4.78 is 21.9. The minimum absolute atomic E-state index is 0.0817. The van der Waals surface area contributed by atoms with Crippen LogP contribution in [-0.2, 0) is 31.9 Å². The van der Waals surface area contributed by atoms with E-state index in [1.165, 1.54) is 14.2 Å². The number of carbonyl (C=O) groups excluding carboxylic acids is 4. The maximum absolute atomic E-state index is 12.9. The lowest BCUT2D eigenvalue weighted by Gasteiger charge is -2.21. The summed E-state index contributed by atoms with van der Waals surface area (Å²) in [6.45, 7) is 4.65. The van der Waals surface area contributed by atoms with Crippen molar-refractivity contribution in [3.63, 3.8) is 0 Å². The quantitative estimate of drug-likeness (QED) is 0.0505. The number of amides is 4. The Hall–Kier alpha value is -6.84. The van der Waals surface area contributed by atoms with Gasteiger partial charge >= 0.3 is 12.2 Å². The maximum Gasteiger partial charge on any atom is 0.407 e. The number of hydrogen-bond acceptors (Lipinski definition) is 10. The van der Waals surface area contributed by atoms with Crippen LogP contribution >= 0.6 is 0 Å². The zero-order valence-corrected chi connectivity index (χ0v) is 33.6. The molecule has 16 nitrogen and oxygen atoms in total. The Labute approximate surface area is 342 Å². The molecule has 0 radical (unpaired) electrons. The lowest BCUT2D eigenvalue weighted by atomic mass is 10.0. The molecule has 4 amide bonds. The lowest BCUT2D eigenvalue weighted by Crippen LogP contribution is -2.49. The van der Waals surface area contributed by atoms with Gasteiger partial charge in [0.1, 0.15) is 23.7 Å². The van der Waals surface area contributed by atoms with Crippen LogP contribution in [0.15, 0.2) is 79.1 Å². The van der Waals surface area contributed by atoms with Gasteiger partial charge in [0.2, 0.25) is 11.8 Å². The third-order valence-electron chi connectivity index (χ3n) is 9.74. The van der Waals surface area contributed by atoms with Gasteiger partial charge in [0.05, 0.1) is 38.0 Å². The third kappa shape index (κ3) is 11.2. The number of fused-ring (bicyclic) bond motifs is 2. The number of methoxy groups -OCH3 is 2. The highest BCUT2D eigenvalue weighted by molar-refractivity contribution is 5.87. The molecule has 6 rings (SSSR count). The molecule has 16 heteroatoms. The summed E-state index contributed by atoms with van der Waals surface area (Å²) in [5.41, 5.74) is 4.14. The minimum Gasteiger partial charge on any atom is -0.453 e. The van der Waals surface area contributed by atoms with Crippen molar-refractivity contribution in [2.75, 3.05) is 27.3 Å². The van der Waals surface area contributed by atoms with Crippen molar-refractivity contribution in [2.24, 2.45) is 5.92 Å². The Balaban J connectivity index is 0.950. The molecule has 0 fully saturated rings.